The Kier molecular flexibility index (Phi) is 7.11. The van der Waals surface area contributed by atoms with Gasteiger partial charge in [-0.3, -0.25) is 4.79 Å². The Labute approximate surface area is 161 Å². The number of nitrogens with zero attached hydrogens (tertiary/aromatic N) is 1. The zero-order chi connectivity index (χ0) is 18.9. The molecule has 1 heterocycles. The summed E-state index contributed by atoms with van der Waals surface area (Å²) in [5.74, 6) is 2.17. The van der Waals surface area contributed by atoms with Crippen LogP contribution in [0.1, 0.15) is 36.0 Å². The van der Waals surface area contributed by atoms with Gasteiger partial charge in [-0.15, -0.1) is 0 Å². The summed E-state index contributed by atoms with van der Waals surface area (Å²) in [6, 6.07) is 14.6. The number of hydrogen-bond donors (Lipinski definition) is 1. The van der Waals surface area contributed by atoms with E-state index in [9.17, 15) is 4.79 Å². The molecule has 1 aliphatic heterocycles. The van der Waals surface area contributed by atoms with Crippen LogP contribution in [0.5, 0.6) is 17.2 Å². The molecule has 0 aromatic heterocycles. The number of likely N-dealkylation sites (tertiary alicyclic amines) is 1. The lowest BCUT2D eigenvalue weighted by Gasteiger charge is -2.26. The van der Waals surface area contributed by atoms with Gasteiger partial charge in [0.15, 0.2) is 0 Å². The molecule has 0 radical (unpaired) electrons. The molecular weight excluding hydrogens is 340 g/mol. The zero-order valence-corrected chi connectivity index (χ0v) is 15.9. The van der Waals surface area contributed by atoms with Crippen molar-refractivity contribution in [1.82, 2.24) is 10.2 Å². The fourth-order valence-electron chi connectivity index (χ4n) is 3.24. The summed E-state index contributed by atoms with van der Waals surface area (Å²) in [5, 5.41) is 3.00. The van der Waals surface area contributed by atoms with Crippen molar-refractivity contribution in [3.05, 3.63) is 54.1 Å². The summed E-state index contributed by atoms with van der Waals surface area (Å²) < 4.78 is 10.9. The van der Waals surface area contributed by atoms with Crippen molar-refractivity contribution in [1.29, 1.82) is 0 Å². The Morgan fingerprint density at radius 3 is 2.15 bits per heavy atom. The van der Waals surface area contributed by atoms with Gasteiger partial charge in [0.2, 0.25) is 0 Å². The Balaban J connectivity index is 1.42. The second-order valence-electron chi connectivity index (χ2n) is 6.81. The zero-order valence-electron chi connectivity index (χ0n) is 15.9. The summed E-state index contributed by atoms with van der Waals surface area (Å²) in [7, 11) is 1.63. The first-order valence-electron chi connectivity index (χ1n) is 9.67. The monoisotopic (exact) mass is 368 g/mol. The van der Waals surface area contributed by atoms with Crippen molar-refractivity contribution in [3.8, 4) is 17.2 Å². The van der Waals surface area contributed by atoms with Crippen molar-refractivity contribution in [2.45, 2.75) is 25.7 Å². The number of methoxy groups -OCH3 is 1. The molecule has 0 bridgehead atoms. The number of amides is 1. The summed E-state index contributed by atoms with van der Waals surface area (Å²) in [6.45, 7) is 4.17. The molecule has 144 valence electrons. The molecule has 1 aliphatic rings. The molecule has 1 amide bonds. The average Bonchev–Trinajstić information content (AvgIpc) is 2.73. The number of ether oxygens (including phenoxy) is 2. The quantitative estimate of drug-likeness (QED) is 0.713. The van der Waals surface area contributed by atoms with Gasteiger partial charge >= 0.3 is 0 Å². The van der Waals surface area contributed by atoms with E-state index in [0.29, 0.717) is 17.9 Å². The van der Waals surface area contributed by atoms with Crippen LogP contribution >= 0.6 is 0 Å². The third kappa shape index (κ3) is 6.00. The molecule has 0 spiro atoms. The lowest BCUT2D eigenvalue weighted by molar-refractivity contribution is 0.0951. The number of carbonyl (C=O) groups excluding carboxylic acids is 1. The molecule has 3 rings (SSSR count). The van der Waals surface area contributed by atoms with Gasteiger partial charge in [-0.05, 0) is 87.4 Å². The van der Waals surface area contributed by atoms with Crippen LogP contribution in [0.15, 0.2) is 48.5 Å². The van der Waals surface area contributed by atoms with E-state index < -0.39 is 0 Å². The van der Waals surface area contributed by atoms with Crippen LogP contribution in [-0.4, -0.2) is 44.1 Å². The highest BCUT2D eigenvalue weighted by atomic mass is 16.5. The van der Waals surface area contributed by atoms with Gasteiger partial charge in [-0.25, -0.2) is 0 Å². The summed E-state index contributed by atoms with van der Waals surface area (Å²) in [4.78, 5) is 14.7. The van der Waals surface area contributed by atoms with Gasteiger partial charge in [0.05, 0.1) is 7.11 Å². The molecular formula is C22H28N2O3. The number of piperidine rings is 1. The number of rotatable bonds is 8. The maximum absolute atomic E-state index is 12.3. The fourth-order valence-corrected chi connectivity index (χ4v) is 3.24. The van der Waals surface area contributed by atoms with Gasteiger partial charge in [-0.2, -0.15) is 0 Å². The largest absolute Gasteiger partial charge is 0.497 e. The molecule has 2 aromatic rings. The van der Waals surface area contributed by atoms with Crippen LogP contribution in [0.2, 0.25) is 0 Å². The van der Waals surface area contributed by atoms with E-state index in [1.165, 1.54) is 32.4 Å². The highest BCUT2D eigenvalue weighted by Crippen LogP contribution is 2.24. The molecule has 0 saturated carbocycles. The Morgan fingerprint density at radius 1 is 0.926 bits per heavy atom. The third-order valence-corrected chi connectivity index (χ3v) is 4.80. The maximum Gasteiger partial charge on any atom is 0.251 e. The molecule has 0 atom stereocenters. The number of carbonyl (C=O) groups is 1. The average molecular weight is 368 g/mol. The molecule has 2 aromatic carbocycles. The Morgan fingerprint density at radius 2 is 1.52 bits per heavy atom. The fraction of sp³-hybridized carbons (Fsp3) is 0.409. The van der Waals surface area contributed by atoms with E-state index in [1.54, 1.807) is 19.2 Å². The van der Waals surface area contributed by atoms with Gasteiger partial charge < -0.3 is 19.7 Å². The van der Waals surface area contributed by atoms with Crippen molar-refractivity contribution >= 4 is 5.91 Å². The third-order valence-electron chi connectivity index (χ3n) is 4.80. The molecule has 27 heavy (non-hydrogen) atoms. The van der Waals surface area contributed by atoms with Gasteiger partial charge in [-0.1, -0.05) is 6.42 Å². The van der Waals surface area contributed by atoms with Crippen molar-refractivity contribution in [2.75, 3.05) is 33.3 Å². The Hall–Kier alpha value is -2.53. The molecule has 1 fully saturated rings. The maximum atomic E-state index is 12.3. The first kappa shape index (κ1) is 19.2. The van der Waals surface area contributed by atoms with Crippen LogP contribution in [0, 0.1) is 0 Å². The lowest BCUT2D eigenvalue weighted by atomic mass is 10.1. The summed E-state index contributed by atoms with van der Waals surface area (Å²) >= 11 is 0. The second kappa shape index (κ2) is 9.97. The molecule has 5 nitrogen and oxygen atoms in total. The molecule has 1 N–H and O–H groups in total. The molecule has 0 unspecified atom stereocenters. The lowest BCUT2D eigenvalue weighted by Crippen LogP contribution is -2.33. The van der Waals surface area contributed by atoms with Crippen molar-refractivity contribution in [2.24, 2.45) is 0 Å². The SMILES string of the molecule is COc1ccc(Oc2ccc(C(=O)NCCCN3CCCCC3)cc2)cc1. The minimum atomic E-state index is -0.0374. The second-order valence-corrected chi connectivity index (χ2v) is 6.81. The van der Waals surface area contributed by atoms with E-state index in [2.05, 4.69) is 10.2 Å². The summed E-state index contributed by atoms with van der Waals surface area (Å²) in [6.07, 6.45) is 4.95. The Bertz CT molecular complexity index is 707. The highest BCUT2D eigenvalue weighted by molar-refractivity contribution is 5.94. The van der Waals surface area contributed by atoms with Crippen molar-refractivity contribution < 1.29 is 14.3 Å². The minimum Gasteiger partial charge on any atom is -0.497 e. The highest BCUT2D eigenvalue weighted by Gasteiger charge is 2.10. The van der Waals surface area contributed by atoms with E-state index in [-0.39, 0.29) is 5.91 Å². The predicted octanol–water partition coefficient (Wildman–Crippen LogP) is 4.09. The number of hydrogen-bond acceptors (Lipinski definition) is 4. The van der Waals surface area contributed by atoms with Crippen LogP contribution in [0.3, 0.4) is 0 Å². The van der Waals surface area contributed by atoms with Crippen LogP contribution in [-0.2, 0) is 0 Å². The van der Waals surface area contributed by atoms with Gasteiger partial charge in [0.25, 0.3) is 5.91 Å². The predicted molar refractivity (Wildman–Crippen MR) is 107 cm³/mol. The standard InChI is InChI=1S/C22H28N2O3/c1-26-19-10-12-21(13-11-19)27-20-8-6-18(7-9-20)22(25)23-14-5-17-24-15-3-2-4-16-24/h6-13H,2-5,14-17H2,1H3,(H,23,25). The first-order chi connectivity index (χ1) is 13.2. The topological polar surface area (TPSA) is 50.8 Å². The van der Waals surface area contributed by atoms with E-state index in [4.69, 9.17) is 9.47 Å². The van der Waals surface area contributed by atoms with Crippen LogP contribution in [0.4, 0.5) is 0 Å². The molecule has 1 saturated heterocycles. The summed E-state index contributed by atoms with van der Waals surface area (Å²) in [5.41, 5.74) is 0.648. The number of nitrogens with one attached hydrogen (secondary N) is 1. The minimum absolute atomic E-state index is 0.0374. The van der Waals surface area contributed by atoms with E-state index >= 15 is 0 Å². The van der Waals surface area contributed by atoms with E-state index in [0.717, 1.165) is 24.5 Å². The molecule has 5 heteroatoms. The van der Waals surface area contributed by atoms with Crippen molar-refractivity contribution in [3.63, 3.8) is 0 Å². The van der Waals surface area contributed by atoms with Gasteiger partial charge in [0.1, 0.15) is 17.2 Å². The number of benzene rings is 2. The van der Waals surface area contributed by atoms with E-state index in [1.807, 2.05) is 36.4 Å². The van der Waals surface area contributed by atoms with Gasteiger partial charge in [0, 0.05) is 12.1 Å². The van der Waals surface area contributed by atoms with Crippen LogP contribution < -0.4 is 14.8 Å². The molecule has 0 aliphatic carbocycles. The van der Waals surface area contributed by atoms with Crippen LogP contribution in [0.25, 0.3) is 0 Å². The first-order valence-corrected chi connectivity index (χ1v) is 9.67. The smallest absolute Gasteiger partial charge is 0.251 e. The normalized spacial score (nSPS) is 14.6.